The molecule has 3 fully saturated rings. The molecule has 3 amide bonds. The lowest BCUT2D eigenvalue weighted by Crippen LogP contribution is -2.59. The van der Waals surface area contributed by atoms with Gasteiger partial charge in [0.05, 0.1) is 42.0 Å². The number of likely N-dealkylation sites (tertiary alicyclic amines) is 1. The molecule has 13 heteroatoms. The molecule has 0 radical (unpaired) electrons. The Morgan fingerprint density at radius 2 is 1.92 bits per heavy atom. The molecule has 6 rings (SSSR count). The van der Waals surface area contributed by atoms with Crippen molar-refractivity contribution >= 4 is 29.1 Å². The summed E-state index contributed by atoms with van der Waals surface area (Å²) in [6.45, 7) is 8.80. The van der Waals surface area contributed by atoms with Crippen LogP contribution < -0.4 is 15.4 Å². The van der Waals surface area contributed by atoms with Crippen LogP contribution in [0, 0.1) is 12.3 Å². The molecule has 2 aromatic carbocycles. The number of hydrogen-bond donors (Lipinski definition) is 3. The number of hydrogen-bond acceptors (Lipinski definition) is 9. The van der Waals surface area contributed by atoms with Gasteiger partial charge in [-0.1, -0.05) is 57.2 Å². The molecule has 2 saturated heterocycles. The zero-order valence-corrected chi connectivity index (χ0v) is 29.7. The van der Waals surface area contributed by atoms with E-state index in [0.717, 1.165) is 32.8 Å². The van der Waals surface area contributed by atoms with Crippen LogP contribution in [0.25, 0.3) is 10.4 Å². The number of halogens is 1. The number of carbonyl (C=O) groups is 3. The van der Waals surface area contributed by atoms with Crippen LogP contribution in [0.15, 0.2) is 48.0 Å². The topological polar surface area (TPSA) is 139 Å². The van der Waals surface area contributed by atoms with Gasteiger partial charge in [0, 0.05) is 37.1 Å². The van der Waals surface area contributed by atoms with Crippen LogP contribution in [0.1, 0.15) is 68.7 Å². The monoisotopic (exact) mass is 708 g/mol. The number of ether oxygens (including phenoxy) is 3. The Bertz CT molecular complexity index is 1720. The molecule has 0 bridgehead atoms. The van der Waals surface area contributed by atoms with Crippen LogP contribution in [0.3, 0.4) is 0 Å². The number of rotatable bonds is 12. The van der Waals surface area contributed by atoms with Gasteiger partial charge in [-0.15, -0.1) is 11.3 Å². The summed E-state index contributed by atoms with van der Waals surface area (Å²) in [7, 11) is 0. The van der Waals surface area contributed by atoms with Gasteiger partial charge in [-0.2, -0.15) is 0 Å². The lowest BCUT2D eigenvalue weighted by molar-refractivity contribution is -0.145. The summed E-state index contributed by atoms with van der Waals surface area (Å²) in [5, 5.41) is 16.1. The van der Waals surface area contributed by atoms with Crippen LogP contribution in [0.2, 0.25) is 0 Å². The SMILES string of the molecule is Cc1ncsc1-c1ccc(CNC(=O)[C@@H]2C[C@@H](O)CN2C(=O)[C@@H](NC(=O)C2(F)CC2)C(C)(C)C)c(OCCc2cccc(C3OCCO3)c2)c1. The van der Waals surface area contributed by atoms with Gasteiger partial charge in [-0.3, -0.25) is 14.4 Å². The first-order chi connectivity index (χ1) is 23.8. The zero-order valence-electron chi connectivity index (χ0n) is 28.9. The van der Waals surface area contributed by atoms with Crippen LogP contribution in [-0.2, 0) is 36.8 Å². The molecule has 3 N–H and O–H groups in total. The van der Waals surface area contributed by atoms with E-state index < -0.39 is 47.0 Å². The minimum Gasteiger partial charge on any atom is -0.493 e. The molecule has 1 aliphatic carbocycles. The molecule has 268 valence electrons. The first kappa shape index (κ1) is 35.9. The summed E-state index contributed by atoms with van der Waals surface area (Å²) < 4.78 is 32.2. The quantitative estimate of drug-likeness (QED) is 0.252. The number of nitrogens with zero attached hydrogens (tertiary/aromatic N) is 2. The van der Waals surface area contributed by atoms with Gasteiger partial charge < -0.3 is 34.9 Å². The molecular formula is C37H45FN4O7S. The van der Waals surface area contributed by atoms with Crippen LogP contribution in [-0.4, -0.2) is 82.9 Å². The van der Waals surface area contributed by atoms with Crippen molar-refractivity contribution < 1.29 is 38.1 Å². The standard InChI is InChI=1S/C37H45FN4O7S/c1-22-30(50-21-40-22)24-8-9-26(29(17-24)47-13-10-23-6-5-7-25(16-23)34-48-14-15-49-34)19-39-32(44)28-18-27(43)20-42(28)33(45)31(36(2,3)4)41-35(46)37(38)11-12-37/h5-9,16-17,21,27-28,31,34,43H,10-15,18-20H2,1-4H3,(H,39,44)(H,41,46)/t27-,28+,31-/m1/s1. The third kappa shape index (κ3) is 8.17. The van der Waals surface area contributed by atoms with Crippen LogP contribution in [0.4, 0.5) is 4.39 Å². The molecule has 1 saturated carbocycles. The maximum Gasteiger partial charge on any atom is 0.258 e. The summed E-state index contributed by atoms with van der Waals surface area (Å²) >= 11 is 1.53. The number of amides is 3. The molecule has 3 atom stereocenters. The van der Waals surface area contributed by atoms with Crippen molar-refractivity contribution in [2.24, 2.45) is 5.41 Å². The number of thiazole rings is 1. The maximum atomic E-state index is 14.5. The lowest BCUT2D eigenvalue weighted by Gasteiger charge is -2.35. The highest BCUT2D eigenvalue weighted by Crippen LogP contribution is 2.40. The third-order valence-corrected chi connectivity index (χ3v) is 10.3. The molecule has 2 aliphatic heterocycles. The molecule has 3 heterocycles. The fraction of sp³-hybridized carbons (Fsp3) is 0.514. The largest absolute Gasteiger partial charge is 0.493 e. The zero-order chi connectivity index (χ0) is 35.6. The van der Waals surface area contributed by atoms with E-state index in [9.17, 15) is 23.9 Å². The van der Waals surface area contributed by atoms with Crippen molar-refractivity contribution in [3.63, 3.8) is 0 Å². The van der Waals surface area contributed by atoms with E-state index in [1.807, 2.05) is 43.3 Å². The number of β-amino-alcohol motifs (C(OH)–C–C–N with tert-alkyl or cyclic N) is 1. The first-order valence-electron chi connectivity index (χ1n) is 17.1. The number of aliphatic hydroxyl groups excluding tert-OH is 1. The molecule has 3 aromatic rings. The Kier molecular flexibility index (Phi) is 10.6. The molecule has 0 spiro atoms. The van der Waals surface area contributed by atoms with E-state index >= 15 is 0 Å². The first-order valence-corrected chi connectivity index (χ1v) is 17.9. The van der Waals surface area contributed by atoms with Gasteiger partial charge in [0.15, 0.2) is 12.0 Å². The van der Waals surface area contributed by atoms with Crippen molar-refractivity contribution in [1.29, 1.82) is 0 Å². The van der Waals surface area contributed by atoms with E-state index in [4.69, 9.17) is 14.2 Å². The van der Waals surface area contributed by atoms with Gasteiger partial charge in [0.25, 0.3) is 5.91 Å². The summed E-state index contributed by atoms with van der Waals surface area (Å²) in [5.74, 6) is -1.19. The average molecular weight is 709 g/mol. The minimum atomic E-state index is -1.96. The second-order valence-corrected chi connectivity index (χ2v) is 15.2. The second kappa shape index (κ2) is 14.7. The summed E-state index contributed by atoms with van der Waals surface area (Å²) in [6.07, 6.45) is -0.382. The second-order valence-electron chi connectivity index (χ2n) is 14.4. The fourth-order valence-corrected chi connectivity index (χ4v) is 7.10. The van der Waals surface area contributed by atoms with Gasteiger partial charge >= 0.3 is 0 Å². The molecule has 0 unspecified atom stereocenters. The lowest BCUT2D eigenvalue weighted by atomic mass is 9.85. The fourth-order valence-electron chi connectivity index (χ4n) is 6.30. The summed E-state index contributed by atoms with van der Waals surface area (Å²) in [6, 6.07) is 11.8. The Labute approximate surface area is 295 Å². The number of carbonyl (C=O) groups excluding carboxylic acids is 3. The van der Waals surface area contributed by atoms with E-state index in [2.05, 4.69) is 21.7 Å². The maximum absolute atomic E-state index is 14.5. The molecule has 50 heavy (non-hydrogen) atoms. The van der Waals surface area contributed by atoms with E-state index in [0.29, 0.717) is 32.0 Å². The van der Waals surface area contributed by atoms with Crippen molar-refractivity contribution in [2.75, 3.05) is 26.4 Å². The van der Waals surface area contributed by atoms with Crippen LogP contribution >= 0.6 is 11.3 Å². The molecule has 11 nitrogen and oxygen atoms in total. The van der Waals surface area contributed by atoms with Crippen molar-refractivity contribution in [3.8, 4) is 16.2 Å². The highest BCUT2D eigenvalue weighted by atomic mass is 32.1. The number of aromatic nitrogens is 1. The number of nitrogens with one attached hydrogen (secondary N) is 2. The summed E-state index contributed by atoms with van der Waals surface area (Å²) in [4.78, 5) is 46.8. The highest BCUT2D eigenvalue weighted by Gasteiger charge is 2.53. The normalized spacial score (nSPS) is 20.8. The van der Waals surface area contributed by atoms with Crippen molar-refractivity contribution in [1.82, 2.24) is 20.5 Å². The van der Waals surface area contributed by atoms with Gasteiger partial charge in [-0.25, -0.2) is 9.37 Å². The summed E-state index contributed by atoms with van der Waals surface area (Å²) in [5.41, 5.74) is 3.69. The number of alkyl halides is 1. The van der Waals surface area contributed by atoms with E-state index in [1.54, 1.807) is 26.3 Å². The molecule has 3 aliphatic rings. The minimum absolute atomic E-state index is 0.0401. The van der Waals surface area contributed by atoms with Crippen LogP contribution in [0.5, 0.6) is 5.75 Å². The predicted molar refractivity (Wildman–Crippen MR) is 185 cm³/mol. The van der Waals surface area contributed by atoms with E-state index in [1.165, 1.54) is 16.2 Å². The Morgan fingerprint density at radius 1 is 1.16 bits per heavy atom. The molecular weight excluding hydrogens is 663 g/mol. The number of aliphatic hydroxyl groups is 1. The Balaban J connectivity index is 1.15. The Morgan fingerprint density at radius 3 is 2.60 bits per heavy atom. The predicted octanol–water partition coefficient (Wildman–Crippen LogP) is 4.40. The number of aryl methyl sites for hydroxylation is 1. The third-order valence-electron chi connectivity index (χ3n) is 9.37. The smallest absolute Gasteiger partial charge is 0.258 e. The average Bonchev–Trinajstić information content (AvgIpc) is 3.46. The van der Waals surface area contributed by atoms with Crippen molar-refractivity contribution in [2.45, 2.75) is 90.1 Å². The Hall–Kier alpha value is -3.91. The highest BCUT2D eigenvalue weighted by molar-refractivity contribution is 7.13. The number of benzene rings is 2. The van der Waals surface area contributed by atoms with Gasteiger partial charge in [0.2, 0.25) is 11.8 Å². The van der Waals surface area contributed by atoms with Crippen molar-refractivity contribution in [3.05, 3.63) is 70.4 Å². The van der Waals surface area contributed by atoms with E-state index in [-0.39, 0.29) is 38.6 Å². The van der Waals surface area contributed by atoms with Gasteiger partial charge in [-0.05, 0) is 42.4 Å². The molecule has 1 aromatic heterocycles. The van der Waals surface area contributed by atoms with Gasteiger partial charge in [0.1, 0.15) is 17.8 Å².